The maximum absolute atomic E-state index is 12.9. The monoisotopic (exact) mass is 618 g/mol. The van der Waals surface area contributed by atoms with Crippen LogP contribution >= 0.6 is 0 Å². The molecule has 2 aliphatic rings. The summed E-state index contributed by atoms with van der Waals surface area (Å²) in [5.74, 6) is -4.21. The van der Waals surface area contributed by atoms with Crippen molar-refractivity contribution in [1.29, 1.82) is 0 Å². The minimum absolute atomic E-state index is 0. The Bertz CT molecular complexity index is 1250. The molecule has 0 aliphatic heterocycles. The smallest absolute Gasteiger partial charge is 0.334 e. The second-order valence-corrected chi connectivity index (χ2v) is 11.1. The van der Waals surface area contributed by atoms with Crippen molar-refractivity contribution < 1.29 is 56.1 Å². The predicted molar refractivity (Wildman–Crippen MR) is 140 cm³/mol. The van der Waals surface area contributed by atoms with E-state index in [0.717, 1.165) is 37.1 Å². The topological polar surface area (TPSA) is 92.3 Å². The van der Waals surface area contributed by atoms with Gasteiger partial charge in [0.2, 0.25) is 20.0 Å². The van der Waals surface area contributed by atoms with Crippen molar-refractivity contribution in [1.82, 2.24) is 0 Å². The Labute approximate surface area is 242 Å². The number of nitrogens with one attached hydrogen (secondary N) is 2. The number of anilines is 2. The van der Waals surface area contributed by atoms with Crippen LogP contribution in [0.3, 0.4) is 0 Å². The van der Waals surface area contributed by atoms with E-state index in [1.54, 1.807) is 12.1 Å². The zero-order chi connectivity index (χ0) is 28.6. The minimum Gasteiger partial charge on any atom is -0.334 e. The first-order valence-electron chi connectivity index (χ1n) is 11.1. The SMILES string of the molecule is CCS(=O)(=O)Nc1ccc(F)[c-]c1F.CCS(=O)(=O)Nc1ccc(F)[c-]c1F.[C-]1=CC=CC1.[C-]1=CC=CC1.[Ti+4]. The third kappa shape index (κ3) is 16.1. The second kappa shape index (κ2) is 18.6. The molecule has 2 aromatic rings. The first-order chi connectivity index (χ1) is 17.9. The largest absolute Gasteiger partial charge is 4.00 e. The van der Waals surface area contributed by atoms with E-state index in [4.69, 9.17) is 0 Å². The third-order valence-corrected chi connectivity index (χ3v) is 6.77. The first-order valence-corrected chi connectivity index (χ1v) is 14.4. The van der Waals surface area contributed by atoms with Gasteiger partial charge in [0, 0.05) is 23.3 Å². The maximum atomic E-state index is 12.9. The van der Waals surface area contributed by atoms with Crippen molar-refractivity contribution in [3.05, 3.63) is 108 Å². The van der Waals surface area contributed by atoms with Crippen molar-refractivity contribution in [2.24, 2.45) is 0 Å². The molecule has 0 spiro atoms. The molecule has 4 rings (SSSR count). The van der Waals surface area contributed by atoms with Crippen LogP contribution in [0.5, 0.6) is 0 Å². The van der Waals surface area contributed by atoms with Gasteiger partial charge in [-0.3, -0.25) is 12.2 Å². The van der Waals surface area contributed by atoms with E-state index in [-0.39, 0.29) is 44.6 Å². The molecule has 0 saturated heterocycles. The average Bonchev–Trinajstić information content (AvgIpc) is 3.63. The molecule has 0 aromatic heterocycles. The molecule has 0 fully saturated rings. The van der Waals surface area contributed by atoms with Crippen LogP contribution < -0.4 is 9.44 Å². The van der Waals surface area contributed by atoms with E-state index >= 15 is 0 Å². The zero-order valence-electron chi connectivity index (χ0n) is 21.1. The van der Waals surface area contributed by atoms with Crippen LogP contribution in [0.4, 0.5) is 28.9 Å². The summed E-state index contributed by atoms with van der Waals surface area (Å²) < 4.78 is 98.6. The van der Waals surface area contributed by atoms with Crippen molar-refractivity contribution in [3.8, 4) is 0 Å². The molecule has 0 bridgehead atoms. The quantitative estimate of drug-likeness (QED) is 0.248. The fourth-order valence-electron chi connectivity index (χ4n) is 2.20. The Morgan fingerprint density at radius 1 is 0.692 bits per heavy atom. The Hall–Kier alpha value is -2.67. The number of benzene rings is 2. The number of rotatable bonds is 6. The van der Waals surface area contributed by atoms with Gasteiger partial charge in [-0.25, -0.2) is 58.7 Å². The van der Waals surface area contributed by atoms with Crippen molar-refractivity contribution in [3.63, 3.8) is 0 Å². The molecule has 13 heteroatoms. The summed E-state index contributed by atoms with van der Waals surface area (Å²) in [4.78, 5) is 0. The van der Waals surface area contributed by atoms with Gasteiger partial charge < -0.3 is 9.44 Å². The Morgan fingerprint density at radius 3 is 1.26 bits per heavy atom. The molecule has 2 N–H and O–H groups in total. The summed E-state index contributed by atoms with van der Waals surface area (Å²) in [6, 6.07) is 7.32. The van der Waals surface area contributed by atoms with Gasteiger partial charge in [0.25, 0.3) is 0 Å². The van der Waals surface area contributed by atoms with Gasteiger partial charge in [-0.15, -0.1) is 49.2 Å². The van der Waals surface area contributed by atoms with Crippen LogP contribution in [-0.2, 0) is 41.8 Å². The second-order valence-electron chi connectivity index (χ2n) is 7.08. The molecule has 208 valence electrons. The Kier molecular flexibility index (Phi) is 17.3. The molecule has 0 unspecified atom stereocenters. The van der Waals surface area contributed by atoms with Crippen molar-refractivity contribution in [2.75, 3.05) is 20.9 Å². The third-order valence-electron chi connectivity index (χ3n) is 4.19. The van der Waals surface area contributed by atoms with Crippen LogP contribution in [-0.4, -0.2) is 28.3 Å². The maximum Gasteiger partial charge on any atom is 4.00 e. The van der Waals surface area contributed by atoms with Gasteiger partial charge in [-0.2, -0.15) is 12.2 Å². The number of hydrogen-bond acceptors (Lipinski definition) is 4. The summed E-state index contributed by atoms with van der Waals surface area (Å²) >= 11 is 0. The van der Waals surface area contributed by atoms with E-state index in [2.05, 4.69) is 24.3 Å². The van der Waals surface area contributed by atoms with Gasteiger partial charge in [0.05, 0.1) is 11.5 Å². The van der Waals surface area contributed by atoms with Crippen LogP contribution in [0.15, 0.2) is 60.7 Å². The van der Waals surface area contributed by atoms with E-state index in [1.807, 2.05) is 33.7 Å². The summed E-state index contributed by atoms with van der Waals surface area (Å²) in [7, 11) is -7.08. The van der Waals surface area contributed by atoms with Crippen LogP contribution in [0.25, 0.3) is 0 Å². The normalized spacial score (nSPS) is 12.7. The molecule has 0 saturated carbocycles. The Morgan fingerprint density at radius 2 is 1.05 bits per heavy atom. The van der Waals surface area contributed by atoms with Crippen LogP contribution in [0.2, 0.25) is 0 Å². The predicted octanol–water partition coefficient (Wildman–Crippen LogP) is 5.66. The molecular formula is C26H26F4N2O4S2Ti. The summed E-state index contributed by atoms with van der Waals surface area (Å²) in [6.45, 7) is 2.82. The molecule has 0 amide bonds. The standard InChI is InChI=1S/2C8H8F2NO2S.2C5H5.Ti/c2*1-2-14(12,13)11-8-4-3-6(9)5-7(8)10;2*1-2-4-5-3-1;/h2*3-4,11H,2H2,1H3;2*1-3H,4H2;/q4*-1;+4. The summed E-state index contributed by atoms with van der Waals surface area (Å²) in [6.07, 6.45) is 20.0. The number of hydrogen-bond donors (Lipinski definition) is 2. The molecule has 0 heterocycles. The van der Waals surface area contributed by atoms with Gasteiger partial charge >= 0.3 is 21.7 Å². The number of halogens is 4. The van der Waals surface area contributed by atoms with Gasteiger partial charge in [0.15, 0.2) is 0 Å². The summed E-state index contributed by atoms with van der Waals surface area (Å²) in [5.41, 5.74) is -0.596. The van der Waals surface area contributed by atoms with E-state index in [0.29, 0.717) is 0 Å². The molecule has 0 atom stereocenters. The van der Waals surface area contributed by atoms with Crippen LogP contribution in [0.1, 0.15) is 26.7 Å². The van der Waals surface area contributed by atoms with Crippen molar-refractivity contribution in [2.45, 2.75) is 26.7 Å². The van der Waals surface area contributed by atoms with E-state index in [1.165, 1.54) is 13.8 Å². The molecule has 6 nitrogen and oxygen atoms in total. The van der Waals surface area contributed by atoms with Gasteiger partial charge in [0.1, 0.15) is 0 Å². The number of sulfonamides is 2. The average molecular weight is 618 g/mol. The first kappa shape index (κ1) is 36.3. The number of allylic oxidation sites excluding steroid dienone is 8. The minimum atomic E-state index is -3.54. The van der Waals surface area contributed by atoms with Crippen LogP contribution in [0, 0.1) is 47.6 Å². The van der Waals surface area contributed by atoms with E-state index < -0.39 is 43.3 Å². The fraction of sp³-hybridized carbons (Fsp3) is 0.231. The molecule has 39 heavy (non-hydrogen) atoms. The van der Waals surface area contributed by atoms with Gasteiger partial charge in [-0.1, -0.05) is 0 Å². The summed E-state index contributed by atoms with van der Waals surface area (Å²) in [5, 5.41) is 0. The van der Waals surface area contributed by atoms with Gasteiger partial charge in [-0.05, 0) is 25.2 Å². The molecular weight excluding hydrogens is 592 g/mol. The Balaban J connectivity index is 0.000000537. The zero-order valence-corrected chi connectivity index (χ0v) is 24.3. The van der Waals surface area contributed by atoms with Crippen molar-refractivity contribution >= 4 is 31.4 Å². The van der Waals surface area contributed by atoms with E-state index in [9.17, 15) is 34.4 Å². The molecule has 2 aliphatic carbocycles. The fourth-order valence-corrected chi connectivity index (χ4v) is 3.48. The molecule has 0 radical (unpaired) electrons. The molecule has 2 aromatic carbocycles.